The van der Waals surface area contributed by atoms with E-state index in [1.54, 1.807) is 56.7 Å². The van der Waals surface area contributed by atoms with Gasteiger partial charge in [-0.1, -0.05) is 24.3 Å². The molecule has 174 valence electrons. The first kappa shape index (κ1) is 23.9. The average molecular weight is 453 g/mol. The smallest absolute Gasteiger partial charge is 0.343 e. The molecule has 0 fully saturated rings. The normalized spacial score (nSPS) is 11.4. The van der Waals surface area contributed by atoms with Crippen LogP contribution in [0.5, 0.6) is 28.7 Å². The summed E-state index contributed by atoms with van der Waals surface area (Å²) >= 11 is 0. The van der Waals surface area contributed by atoms with E-state index in [9.17, 15) is 9.90 Å². The Balaban J connectivity index is 1.87. The molecule has 0 radical (unpaired) electrons. The summed E-state index contributed by atoms with van der Waals surface area (Å²) < 4.78 is 27.1. The zero-order chi connectivity index (χ0) is 23.8. The Kier molecular flexibility index (Phi) is 8.16. The molecule has 0 aliphatic heterocycles. The van der Waals surface area contributed by atoms with Gasteiger partial charge in [-0.2, -0.15) is 0 Å². The molecule has 0 bridgehead atoms. The van der Waals surface area contributed by atoms with E-state index in [1.165, 1.54) is 14.2 Å². The lowest BCUT2D eigenvalue weighted by Gasteiger charge is -2.19. The number of ether oxygens (including phenoxy) is 5. The van der Waals surface area contributed by atoms with Gasteiger partial charge in [-0.3, -0.25) is 0 Å². The maximum absolute atomic E-state index is 12.7. The molecule has 33 heavy (non-hydrogen) atoms. The van der Waals surface area contributed by atoms with Crippen molar-refractivity contribution < 1.29 is 33.6 Å². The second-order valence-corrected chi connectivity index (χ2v) is 7.31. The van der Waals surface area contributed by atoms with Crippen LogP contribution >= 0.6 is 0 Å². The van der Waals surface area contributed by atoms with Gasteiger partial charge in [0.05, 0.1) is 40.1 Å². The predicted molar refractivity (Wildman–Crippen MR) is 124 cm³/mol. The Morgan fingerprint density at radius 3 is 2.06 bits per heavy atom. The number of aliphatic hydroxyl groups excluding tert-OH is 1. The molecule has 0 unspecified atom stereocenters. The summed E-state index contributed by atoms with van der Waals surface area (Å²) in [6.07, 6.45) is -0.236. The number of carbonyl (C=O) groups excluding carboxylic acids is 1. The molecule has 0 aromatic heterocycles. The fourth-order valence-corrected chi connectivity index (χ4v) is 3.51. The maximum Gasteiger partial charge on any atom is 0.343 e. The monoisotopic (exact) mass is 452 g/mol. The maximum atomic E-state index is 12.7. The number of hydrogen-bond acceptors (Lipinski definition) is 7. The van der Waals surface area contributed by atoms with Gasteiger partial charge in [0.1, 0.15) is 17.2 Å². The van der Waals surface area contributed by atoms with Crippen molar-refractivity contribution in [3.63, 3.8) is 0 Å². The van der Waals surface area contributed by atoms with E-state index in [1.807, 2.05) is 18.2 Å². The summed E-state index contributed by atoms with van der Waals surface area (Å²) in [5.41, 5.74) is 1.85. The number of carbonyl (C=O) groups is 1. The van der Waals surface area contributed by atoms with Gasteiger partial charge in [-0.25, -0.2) is 4.79 Å². The van der Waals surface area contributed by atoms with Gasteiger partial charge in [0, 0.05) is 24.1 Å². The number of rotatable bonds is 10. The van der Waals surface area contributed by atoms with Crippen molar-refractivity contribution in [2.45, 2.75) is 18.9 Å². The van der Waals surface area contributed by atoms with Crippen LogP contribution in [0.1, 0.15) is 21.5 Å². The third kappa shape index (κ3) is 5.96. The summed E-state index contributed by atoms with van der Waals surface area (Å²) in [6.45, 7) is 0. The third-order valence-corrected chi connectivity index (χ3v) is 5.17. The quantitative estimate of drug-likeness (QED) is 0.366. The number of methoxy groups -OCH3 is 4. The van der Waals surface area contributed by atoms with E-state index in [4.69, 9.17) is 23.7 Å². The lowest BCUT2D eigenvalue weighted by atomic mass is 9.99. The highest BCUT2D eigenvalue weighted by molar-refractivity contribution is 5.91. The van der Waals surface area contributed by atoms with Crippen molar-refractivity contribution >= 4 is 5.97 Å². The summed E-state index contributed by atoms with van der Waals surface area (Å²) in [5, 5.41) is 10.9. The topological polar surface area (TPSA) is 83.5 Å². The van der Waals surface area contributed by atoms with Crippen molar-refractivity contribution in [1.82, 2.24) is 0 Å². The highest BCUT2D eigenvalue weighted by Gasteiger charge is 2.21. The van der Waals surface area contributed by atoms with Gasteiger partial charge < -0.3 is 28.8 Å². The van der Waals surface area contributed by atoms with Gasteiger partial charge in [-0.05, 0) is 36.2 Å². The highest BCUT2D eigenvalue weighted by Crippen LogP contribution is 2.36. The molecule has 0 saturated heterocycles. The SMILES string of the molecule is COc1cc(OC)c(C[C@@H](O)Cc2ccc(OC)c(OC)c2)c(OC(=O)c2ccccc2)c1. The zero-order valence-corrected chi connectivity index (χ0v) is 19.2. The lowest BCUT2D eigenvalue weighted by molar-refractivity contribution is 0.0730. The summed E-state index contributed by atoms with van der Waals surface area (Å²) in [4.78, 5) is 12.7. The van der Waals surface area contributed by atoms with E-state index >= 15 is 0 Å². The minimum atomic E-state index is -0.778. The minimum absolute atomic E-state index is 0.193. The Morgan fingerprint density at radius 2 is 1.42 bits per heavy atom. The molecule has 3 rings (SSSR count). The van der Waals surface area contributed by atoms with Crippen molar-refractivity contribution in [2.24, 2.45) is 0 Å². The number of benzene rings is 3. The van der Waals surface area contributed by atoms with Gasteiger partial charge in [0.2, 0.25) is 0 Å². The van der Waals surface area contributed by atoms with Crippen LogP contribution in [0.2, 0.25) is 0 Å². The van der Waals surface area contributed by atoms with Crippen LogP contribution in [0.3, 0.4) is 0 Å². The first-order chi connectivity index (χ1) is 16.0. The molecule has 0 amide bonds. The number of aliphatic hydroxyl groups is 1. The van der Waals surface area contributed by atoms with Crippen molar-refractivity contribution in [3.8, 4) is 28.7 Å². The summed E-state index contributed by atoms with van der Waals surface area (Å²) in [5.74, 6) is 1.88. The summed E-state index contributed by atoms with van der Waals surface area (Å²) in [7, 11) is 6.17. The molecular weight excluding hydrogens is 424 g/mol. The standard InChI is InChI=1S/C26H28O7/c1-29-20-15-23(31-3)21(24(16-20)33-26(28)18-8-6-5-7-9-18)14-19(27)12-17-10-11-22(30-2)25(13-17)32-4/h5-11,13,15-16,19,27H,12,14H2,1-4H3/t19-/m0/s1. The average Bonchev–Trinajstić information content (AvgIpc) is 2.85. The van der Waals surface area contributed by atoms with E-state index in [0.717, 1.165) is 5.56 Å². The minimum Gasteiger partial charge on any atom is -0.496 e. The third-order valence-electron chi connectivity index (χ3n) is 5.17. The van der Waals surface area contributed by atoms with Crippen LogP contribution in [-0.4, -0.2) is 45.6 Å². The van der Waals surface area contributed by atoms with E-state index in [2.05, 4.69) is 0 Å². The molecule has 0 aliphatic carbocycles. The Labute approximate surface area is 193 Å². The molecule has 0 saturated carbocycles. The second kappa shape index (κ2) is 11.2. The lowest BCUT2D eigenvalue weighted by Crippen LogP contribution is -2.17. The van der Waals surface area contributed by atoms with Crippen LogP contribution in [0.25, 0.3) is 0 Å². The van der Waals surface area contributed by atoms with Crippen LogP contribution in [0, 0.1) is 0 Å². The first-order valence-electron chi connectivity index (χ1n) is 10.4. The molecule has 0 heterocycles. The Morgan fingerprint density at radius 1 is 0.758 bits per heavy atom. The fourth-order valence-electron chi connectivity index (χ4n) is 3.51. The van der Waals surface area contributed by atoms with Gasteiger partial charge in [-0.15, -0.1) is 0 Å². The highest BCUT2D eigenvalue weighted by atomic mass is 16.5. The van der Waals surface area contributed by atoms with Gasteiger partial charge in [0.25, 0.3) is 0 Å². The molecule has 1 atom stereocenters. The summed E-state index contributed by atoms with van der Waals surface area (Å²) in [6, 6.07) is 17.5. The van der Waals surface area contributed by atoms with Crippen LogP contribution in [-0.2, 0) is 12.8 Å². The fraction of sp³-hybridized carbons (Fsp3) is 0.269. The molecule has 7 nitrogen and oxygen atoms in total. The molecule has 7 heteroatoms. The van der Waals surface area contributed by atoms with Crippen LogP contribution < -0.4 is 23.7 Å². The van der Waals surface area contributed by atoms with Crippen molar-refractivity contribution in [1.29, 1.82) is 0 Å². The molecule has 3 aromatic carbocycles. The van der Waals surface area contributed by atoms with E-state index in [-0.39, 0.29) is 12.2 Å². The number of esters is 1. The zero-order valence-electron chi connectivity index (χ0n) is 19.2. The van der Waals surface area contributed by atoms with E-state index in [0.29, 0.717) is 40.5 Å². The van der Waals surface area contributed by atoms with Crippen molar-refractivity contribution in [3.05, 3.63) is 77.4 Å². The molecular formula is C26H28O7. The largest absolute Gasteiger partial charge is 0.496 e. The van der Waals surface area contributed by atoms with Gasteiger partial charge in [0.15, 0.2) is 11.5 Å². The Hall–Kier alpha value is -3.71. The van der Waals surface area contributed by atoms with Crippen molar-refractivity contribution in [2.75, 3.05) is 28.4 Å². The first-order valence-corrected chi connectivity index (χ1v) is 10.4. The number of hydrogen-bond donors (Lipinski definition) is 1. The molecule has 3 aromatic rings. The molecule has 0 aliphatic rings. The van der Waals surface area contributed by atoms with Crippen LogP contribution in [0.15, 0.2) is 60.7 Å². The van der Waals surface area contributed by atoms with Gasteiger partial charge >= 0.3 is 5.97 Å². The van der Waals surface area contributed by atoms with E-state index < -0.39 is 12.1 Å². The predicted octanol–water partition coefficient (Wildman–Crippen LogP) is 4.09. The Bertz CT molecular complexity index is 1080. The molecule has 1 N–H and O–H groups in total. The second-order valence-electron chi connectivity index (χ2n) is 7.31. The van der Waals surface area contributed by atoms with Crippen LogP contribution in [0.4, 0.5) is 0 Å². The molecule has 0 spiro atoms.